The van der Waals surface area contributed by atoms with Gasteiger partial charge in [0.05, 0.1) is 23.4 Å². The predicted octanol–water partition coefficient (Wildman–Crippen LogP) is 4.16. The number of hydrogen-bond acceptors (Lipinski definition) is 6. The van der Waals surface area contributed by atoms with E-state index in [1.165, 1.54) is 9.31 Å². The first kappa shape index (κ1) is 23.3. The third-order valence-electron chi connectivity index (χ3n) is 6.42. The smallest absolute Gasteiger partial charge is 0.262 e. The zero-order chi connectivity index (χ0) is 24.4. The molecule has 0 radical (unpaired) electrons. The summed E-state index contributed by atoms with van der Waals surface area (Å²) in [5, 5.41) is 9.22. The molecule has 3 aromatic rings. The van der Waals surface area contributed by atoms with Gasteiger partial charge < -0.3 is 9.73 Å². The Morgan fingerprint density at radius 1 is 1.06 bits per heavy atom. The van der Waals surface area contributed by atoms with Crippen molar-refractivity contribution in [2.24, 2.45) is 5.10 Å². The second-order valence-corrected chi connectivity index (χ2v) is 10.8. The van der Waals surface area contributed by atoms with Crippen LogP contribution in [0.4, 0.5) is 5.69 Å². The topological polar surface area (TPSA) is 95.2 Å². The minimum absolute atomic E-state index is 0.0140. The molecule has 8 nitrogen and oxygen atoms in total. The minimum atomic E-state index is -3.47. The Kier molecular flexibility index (Phi) is 6.44. The highest BCUT2D eigenvalue weighted by atomic mass is 32.2. The lowest BCUT2D eigenvalue weighted by atomic mass is 10.0. The monoisotopic (exact) mass is 492 g/mol. The van der Waals surface area contributed by atoms with Crippen LogP contribution in [-0.4, -0.2) is 49.0 Å². The molecule has 9 heteroatoms. The van der Waals surface area contributed by atoms with Gasteiger partial charge in [-0.1, -0.05) is 29.8 Å². The van der Waals surface area contributed by atoms with Crippen molar-refractivity contribution in [3.05, 3.63) is 83.8 Å². The third-order valence-corrected chi connectivity index (χ3v) is 8.34. The summed E-state index contributed by atoms with van der Waals surface area (Å²) in [4.78, 5) is 13.4. The molecule has 1 fully saturated rings. The predicted molar refractivity (Wildman–Crippen MR) is 134 cm³/mol. The molecular formula is C26H28N4O4S. The molecule has 0 bridgehead atoms. The summed E-state index contributed by atoms with van der Waals surface area (Å²) in [7, 11) is -3.47. The molecule has 1 N–H and O–H groups in total. The van der Waals surface area contributed by atoms with E-state index in [1.54, 1.807) is 36.6 Å². The maximum atomic E-state index is 13.2. The highest BCUT2D eigenvalue weighted by Crippen LogP contribution is 2.33. The molecule has 2 aliphatic rings. The van der Waals surface area contributed by atoms with Crippen LogP contribution in [0.2, 0.25) is 0 Å². The molecule has 3 heterocycles. The summed E-state index contributed by atoms with van der Waals surface area (Å²) in [6, 6.07) is 17.9. The summed E-state index contributed by atoms with van der Waals surface area (Å²) in [6.07, 6.45) is 3.94. The molecule has 1 unspecified atom stereocenters. The van der Waals surface area contributed by atoms with Crippen LogP contribution < -0.4 is 5.32 Å². The molecule has 5 rings (SSSR count). The average molecular weight is 493 g/mol. The van der Waals surface area contributed by atoms with E-state index in [0.717, 1.165) is 29.7 Å². The Morgan fingerprint density at radius 2 is 1.77 bits per heavy atom. The van der Waals surface area contributed by atoms with E-state index in [4.69, 9.17) is 4.42 Å². The lowest BCUT2D eigenvalue weighted by Gasteiger charge is -2.20. The molecule has 35 heavy (non-hydrogen) atoms. The van der Waals surface area contributed by atoms with Crippen LogP contribution in [0.3, 0.4) is 0 Å². The maximum Gasteiger partial charge on any atom is 0.262 e. The van der Waals surface area contributed by atoms with Gasteiger partial charge in [-0.05, 0) is 61.7 Å². The third kappa shape index (κ3) is 4.87. The Balaban J connectivity index is 1.29. The zero-order valence-electron chi connectivity index (χ0n) is 19.6. The summed E-state index contributed by atoms with van der Waals surface area (Å²) in [5.41, 5.74) is 3.63. The van der Waals surface area contributed by atoms with Gasteiger partial charge in [-0.3, -0.25) is 4.79 Å². The van der Waals surface area contributed by atoms with Gasteiger partial charge in [-0.15, -0.1) is 0 Å². The first-order valence-corrected chi connectivity index (χ1v) is 13.2. The Bertz CT molecular complexity index is 1310. The number of sulfonamides is 1. The fraction of sp³-hybridized carbons (Fsp3) is 0.308. The molecule has 1 aromatic heterocycles. The van der Waals surface area contributed by atoms with E-state index in [0.29, 0.717) is 31.0 Å². The zero-order valence-corrected chi connectivity index (χ0v) is 20.4. The first-order valence-electron chi connectivity index (χ1n) is 11.8. The maximum absolute atomic E-state index is 13.2. The van der Waals surface area contributed by atoms with Crippen LogP contribution in [-0.2, 0) is 14.8 Å². The van der Waals surface area contributed by atoms with Gasteiger partial charge >= 0.3 is 0 Å². The van der Waals surface area contributed by atoms with Crippen molar-refractivity contribution in [2.45, 2.75) is 37.1 Å². The highest BCUT2D eigenvalue weighted by Gasteiger charge is 2.34. The highest BCUT2D eigenvalue weighted by molar-refractivity contribution is 7.89. The normalized spacial score (nSPS) is 18.6. The standard InChI is InChI=1S/C26H28N4O4S/c1-19-6-8-20(9-7-19)23-17-24(25-5-4-16-34-25)30(28-23)26(31)18-27-21-10-12-22(13-11-21)35(32,33)29-14-2-3-15-29/h4-13,16,24,27H,2-3,14-15,17-18H2,1H3. The van der Waals surface area contributed by atoms with Crippen molar-refractivity contribution in [1.29, 1.82) is 0 Å². The van der Waals surface area contributed by atoms with Crippen molar-refractivity contribution in [1.82, 2.24) is 9.31 Å². The van der Waals surface area contributed by atoms with Gasteiger partial charge in [0.2, 0.25) is 10.0 Å². The van der Waals surface area contributed by atoms with Crippen LogP contribution in [0.15, 0.2) is 81.3 Å². The van der Waals surface area contributed by atoms with Gasteiger partial charge in [0.15, 0.2) is 0 Å². The lowest BCUT2D eigenvalue weighted by molar-refractivity contribution is -0.131. The first-order chi connectivity index (χ1) is 16.9. The fourth-order valence-electron chi connectivity index (χ4n) is 4.44. The van der Waals surface area contributed by atoms with Crippen LogP contribution in [0.1, 0.15) is 42.2 Å². The van der Waals surface area contributed by atoms with Gasteiger partial charge in [0, 0.05) is 25.2 Å². The second-order valence-electron chi connectivity index (χ2n) is 8.88. The summed E-state index contributed by atoms with van der Waals surface area (Å²) in [5.74, 6) is 0.475. The van der Waals surface area contributed by atoms with Crippen LogP contribution in [0.25, 0.3) is 0 Å². The second kappa shape index (κ2) is 9.67. The number of hydrazone groups is 1. The molecule has 0 aliphatic carbocycles. The number of furan rings is 1. The van der Waals surface area contributed by atoms with E-state index in [-0.39, 0.29) is 23.4 Å². The number of amides is 1. The summed E-state index contributed by atoms with van der Waals surface area (Å²) in [6.45, 7) is 3.17. The number of nitrogens with one attached hydrogen (secondary N) is 1. The van der Waals surface area contributed by atoms with Crippen molar-refractivity contribution < 1.29 is 17.6 Å². The quantitative estimate of drug-likeness (QED) is 0.534. The Hall–Kier alpha value is -3.43. The van der Waals surface area contributed by atoms with E-state index >= 15 is 0 Å². The number of carbonyl (C=O) groups is 1. The van der Waals surface area contributed by atoms with Crippen molar-refractivity contribution in [2.75, 3.05) is 25.0 Å². The van der Waals surface area contributed by atoms with Crippen LogP contribution in [0, 0.1) is 6.92 Å². The fourth-order valence-corrected chi connectivity index (χ4v) is 5.96. The van der Waals surface area contributed by atoms with Gasteiger partial charge in [0.1, 0.15) is 11.8 Å². The number of anilines is 1. The molecule has 1 saturated heterocycles. The molecule has 2 aliphatic heterocycles. The Labute approximate surface area is 205 Å². The number of benzene rings is 2. The lowest BCUT2D eigenvalue weighted by Crippen LogP contribution is -2.32. The van der Waals surface area contributed by atoms with Crippen LogP contribution >= 0.6 is 0 Å². The average Bonchev–Trinajstić information content (AvgIpc) is 3.64. The van der Waals surface area contributed by atoms with Gasteiger partial charge in [-0.25, -0.2) is 13.4 Å². The number of rotatable bonds is 7. The minimum Gasteiger partial charge on any atom is -0.467 e. The summed E-state index contributed by atoms with van der Waals surface area (Å²) < 4.78 is 32.6. The van der Waals surface area contributed by atoms with E-state index in [2.05, 4.69) is 10.4 Å². The number of aryl methyl sites for hydroxylation is 1. The summed E-state index contributed by atoms with van der Waals surface area (Å²) >= 11 is 0. The molecule has 0 spiro atoms. The van der Waals surface area contributed by atoms with Crippen molar-refractivity contribution in [3.8, 4) is 0 Å². The molecular weight excluding hydrogens is 464 g/mol. The van der Waals surface area contributed by atoms with Crippen molar-refractivity contribution in [3.63, 3.8) is 0 Å². The number of carbonyl (C=O) groups excluding carboxylic acids is 1. The van der Waals surface area contributed by atoms with E-state index < -0.39 is 10.0 Å². The molecule has 2 aromatic carbocycles. The van der Waals surface area contributed by atoms with E-state index in [9.17, 15) is 13.2 Å². The van der Waals surface area contributed by atoms with Crippen molar-refractivity contribution >= 4 is 27.3 Å². The Morgan fingerprint density at radius 3 is 2.43 bits per heavy atom. The molecule has 1 amide bonds. The van der Waals surface area contributed by atoms with Gasteiger partial charge in [-0.2, -0.15) is 9.41 Å². The number of nitrogens with zero attached hydrogens (tertiary/aromatic N) is 3. The van der Waals surface area contributed by atoms with E-state index in [1.807, 2.05) is 37.3 Å². The molecule has 0 saturated carbocycles. The molecule has 182 valence electrons. The van der Waals surface area contributed by atoms with Crippen LogP contribution in [0.5, 0.6) is 0 Å². The largest absolute Gasteiger partial charge is 0.467 e. The van der Waals surface area contributed by atoms with Gasteiger partial charge in [0.25, 0.3) is 5.91 Å². The number of hydrogen-bond donors (Lipinski definition) is 1. The molecule has 1 atom stereocenters. The SMILES string of the molecule is Cc1ccc(C2=NN(C(=O)CNc3ccc(S(=O)(=O)N4CCCC4)cc3)C(c3ccco3)C2)cc1.